The van der Waals surface area contributed by atoms with Gasteiger partial charge in [-0.25, -0.2) is 0 Å². The highest BCUT2D eigenvalue weighted by Crippen LogP contribution is 2.37. The predicted molar refractivity (Wildman–Crippen MR) is 126 cm³/mol. The van der Waals surface area contributed by atoms with Gasteiger partial charge in [-0.05, 0) is 43.0 Å². The molecule has 0 aromatic heterocycles. The lowest BCUT2D eigenvalue weighted by molar-refractivity contribution is -0.143. The fourth-order valence-corrected chi connectivity index (χ4v) is 4.90. The Morgan fingerprint density at radius 2 is 1.88 bits per heavy atom. The fraction of sp³-hybridized carbons (Fsp3) is 0.577. The number of ether oxygens (including phenoxy) is 3. The van der Waals surface area contributed by atoms with Crippen molar-refractivity contribution in [2.45, 2.75) is 39.2 Å². The number of nitrogens with zero attached hydrogens (tertiary/aromatic N) is 2. The van der Waals surface area contributed by atoms with Crippen LogP contribution in [0.5, 0.6) is 5.75 Å². The number of esters is 1. The number of hydrogen-bond acceptors (Lipinski definition) is 6. The van der Waals surface area contributed by atoms with Crippen LogP contribution in [0.25, 0.3) is 0 Å². The number of methoxy groups -OCH3 is 1. The van der Waals surface area contributed by atoms with E-state index >= 15 is 0 Å². The van der Waals surface area contributed by atoms with Gasteiger partial charge in [0.2, 0.25) is 0 Å². The quantitative estimate of drug-likeness (QED) is 0.449. The summed E-state index contributed by atoms with van der Waals surface area (Å²) in [5, 5.41) is 0. The van der Waals surface area contributed by atoms with Gasteiger partial charge < -0.3 is 19.1 Å². The first-order chi connectivity index (χ1) is 15.6. The van der Waals surface area contributed by atoms with Crippen LogP contribution in [0.15, 0.2) is 47.7 Å². The second-order valence-electron chi connectivity index (χ2n) is 9.09. The molecule has 1 saturated heterocycles. The van der Waals surface area contributed by atoms with E-state index in [4.69, 9.17) is 14.2 Å². The summed E-state index contributed by atoms with van der Waals surface area (Å²) in [6, 6.07) is 8.26. The Morgan fingerprint density at radius 1 is 1.09 bits per heavy atom. The molecule has 6 heteroatoms. The summed E-state index contributed by atoms with van der Waals surface area (Å²) in [4.78, 5) is 16.8. The van der Waals surface area contributed by atoms with E-state index in [-0.39, 0.29) is 23.9 Å². The molecule has 4 rings (SSSR count). The first-order valence-corrected chi connectivity index (χ1v) is 11.9. The Bertz CT molecular complexity index is 857. The molecule has 1 fully saturated rings. The molecule has 32 heavy (non-hydrogen) atoms. The average molecular weight is 441 g/mol. The summed E-state index contributed by atoms with van der Waals surface area (Å²) < 4.78 is 17.2. The largest absolute Gasteiger partial charge is 0.495 e. The topological polar surface area (TPSA) is 51.2 Å². The number of para-hydroxylation sites is 2. The second-order valence-corrected chi connectivity index (χ2v) is 9.09. The second kappa shape index (κ2) is 10.5. The maximum absolute atomic E-state index is 11.8. The Kier molecular flexibility index (Phi) is 7.53. The Labute approximate surface area is 191 Å². The van der Waals surface area contributed by atoms with E-state index < -0.39 is 0 Å². The van der Waals surface area contributed by atoms with Crippen LogP contribution in [-0.2, 0) is 14.3 Å². The molecule has 3 atom stereocenters. The molecule has 6 nitrogen and oxygen atoms in total. The highest BCUT2D eigenvalue weighted by molar-refractivity contribution is 5.73. The molecule has 0 N–H and O–H groups in total. The van der Waals surface area contributed by atoms with Gasteiger partial charge in [-0.2, -0.15) is 0 Å². The van der Waals surface area contributed by atoms with Crippen LogP contribution in [0, 0.1) is 11.8 Å². The summed E-state index contributed by atoms with van der Waals surface area (Å²) in [6.07, 6.45) is 6.84. The van der Waals surface area contributed by atoms with Gasteiger partial charge in [0, 0.05) is 38.7 Å². The van der Waals surface area contributed by atoms with Gasteiger partial charge in [0.15, 0.2) is 0 Å². The highest BCUT2D eigenvalue weighted by atomic mass is 16.5. The summed E-state index contributed by atoms with van der Waals surface area (Å²) >= 11 is 0. The Morgan fingerprint density at radius 3 is 2.66 bits per heavy atom. The maximum atomic E-state index is 11.8. The Hall–Kier alpha value is -2.31. The molecule has 0 bridgehead atoms. The molecule has 3 unspecified atom stereocenters. The first-order valence-electron chi connectivity index (χ1n) is 11.9. The summed E-state index contributed by atoms with van der Waals surface area (Å²) in [7, 11) is 1.74. The molecule has 0 radical (unpaired) electrons. The summed E-state index contributed by atoms with van der Waals surface area (Å²) in [5.41, 5.74) is 2.35. The lowest BCUT2D eigenvalue weighted by Crippen LogP contribution is -2.46. The van der Waals surface area contributed by atoms with Crippen LogP contribution >= 0.6 is 0 Å². The number of anilines is 1. The van der Waals surface area contributed by atoms with E-state index in [1.54, 1.807) is 7.11 Å². The van der Waals surface area contributed by atoms with Crippen molar-refractivity contribution in [2.75, 3.05) is 51.3 Å². The average Bonchev–Trinajstić information content (AvgIpc) is 2.81. The highest BCUT2D eigenvalue weighted by Gasteiger charge is 2.34. The normalized spacial score (nSPS) is 26.2. The molecule has 174 valence electrons. The van der Waals surface area contributed by atoms with E-state index in [9.17, 15) is 4.79 Å². The molecule has 1 aromatic rings. The van der Waals surface area contributed by atoms with Crippen molar-refractivity contribution in [3.63, 3.8) is 0 Å². The molecule has 0 saturated carbocycles. The van der Waals surface area contributed by atoms with Crippen LogP contribution in [0.3, 0.4) is 0 Å². The van der Waals surface area contributed by atoms with Crippen molar-refractivity contribution in [1.82, 2.24) is 4.90 Å². The molecule has 1 aromatic carbocycles. The third kappa shape index (κ3) is 5.18. The molecule has 2 aliphatic heterocycles. The smallest absolute Gasteiger partial charge is 0.311 e. The zero-order valence-corrected chi connectivity index (χ0v) is 19.6. The van der Waals surface area contributed by atoms with Crippen LogP contribution < -0.4 is 9.64 Å². The fourth-order valence-electron chi connectivity index (χ4n) is 4.90. The number of piperazine rings is 1. The van der Waals surface area contributed by atoms with E-state index in [1.165, 1.54) is 5.69 Å². The number of allylic oxidation sites excluding steroid dienone is 2. The molecule has 1 aliphatic carbocycles. The van der Waals surface area contributed by atoms with E-state index in [2.05, 4.69) is 47.9 Å². The van der Waals surface area contributed by atoms with E-state index in [0.29, 0.717) is 6.42 Å². The minimum absolute atomic E-state index is 0.0174. The molecule has 2 heterocycles. The maximum Gasteiger partial charge on any atom is 0.311 e. The van der Waals surface area contributed by atoms with Crippen LogP contribution in [0.2, 0.25) is 0 Å². The molecular formula is C26H36N2O4. The number of rotatable bonds is 8. The number of unbranched alkanes of at least 4 members (excludes halogenated alkanes) is 1. The van der Waals surface area contributed by atoms with Crippen LogP contribution in [0.4, 0.5) is 5.69 Å². The van der Waals surface area contributed by atoms with Crippen molar-refractivity contribution in [1.29, 1.82) is 0 Å². The number of carbonyl (C=O) groups excluding carboxylic acids is 1. The van der Waals surface area contributed by atoms with Crippen molar-refractivity contribution < 1.29 is 19.0 Å². The van der Waals surface area contributed by atoms with E-state index in [1.807, 2.05) is 12.1 Å². The summed E-state index contributed by atoms with van der Waals surface area (Å²) in [5.74, 6) is 1.96. The zero-order chi connectivity index (χ0) is 22.5. The van der Waals surface area contributed by atoms with Gasteiger partial charge >= 0.3 is 5.97 Å². The van der Waals surface area contributed by atoms with Gasteiger partial charge in [-0.1, -0.05) is 38.1 Å². The molecule has 0 amide bonds. The molecule has 0 spiro atoms. The van der Waals surface area contributed by atoms with E-state index in [0.717, 1.165) is 69.3 Å². The monoisotopic (exact) mass is 440 g/mol. The first kappa shape index (κ1) is 22.9. The Balaban J connectivity index is 1.15. The van der Waals surface area contributed by atoms with Crippen LogP contribution in [0.1, 0.15) is 33.1 Å². The third-order valence-electron chi connectivity index (χ3n) is 6.86. The summed E-state index contributed by atoms with van der Waals surface area (Å²) in [6.45, 7) is 10.2. The van der Waals surface area contributed by atoms with Crippen molar-refractivity contribution >= 4 is 11.7 Å². The SMILES string of the molecule is COc1ccccc1N1CCN(CCCCOC2C=CC3=C(OC(=O)CC3C)C2C)CC1. The minimum atomic E-state index is -0.122. The van der Waals surface area contributed by atoms with Crippen molar-refractivity contribution in [2.24, 2.45) is 11.8 Å². The van der Waals surface area contributed by atoms with Gasteiger partial charge in [-0.3, -0.25) is 9.69 Å². The van der Waals surface area contributed by atoms with Gasteiger partial charge in [-0.15, -0.1) is 0 Å². The number of hydrogen-bond donors (Lipinski definition) is 0. The lowest BCUT2D eigenvalue weighted by atomic mass is 9.84. The molecule has 3 aliphatic rings. The lowest BCUT2D eigenvalue weighted by Gasteiger charge is -2.36. The molecular weight excluding hydrogens is 404 g/mol. The van der Waals surface area contributed by atoms with Crippen molar-refractivity contribution in [3.05, 3.63) is 47.7 Å². The number of benzene rings is 1. The van der Waals surface area contributed by atoms with Gasteiger partial charge in [0.05, 0.1) is 25.3 Å². The van der Waals surface area contributed by atoms with Crippen molar-refractivity contribution in [3.8, 4) is 5.75 Å². The predicted octanol–water partition coefficient (Wildman–Crippen LogP) is 4.03. The minimum Gasteiger partial charge on any atom is -0.495 e. The number of carbonyl (C=O) groups is 1. The standard InChI is InChI=1S/C26H36N2O4/c1-19-18-25(29)32-26-20(2)23(11-10-21(19)26)31-17-7-6-12-27-13-15-28(16-14-27)22-8-4-5-9-24(22)30-3/h4-5,8-11,19-20,23H,6-7,12-18H2,1-3H3. The van der Waals surface area contributed by atoms with Gasteiger partial charge in [0.1, 0.15) is 11.5 Å². The third-order valence-corrected chi connectivity index (χ3v) is 6.86. The van der Waals surface area contributed by atoms with Gasteiger partial charge in [0.25, 0.3) is 0 Å². The van der Waals surface area contributed by atoms with Crippen LogP contribution in [-0.4, -0.2) is 63.4 Å². The zero-order valence-electron chi connectivity index (χ0n) is 19.6.